The van der Waals surface area contributed by atoms with Crippen molar-refractivity contribution >= 4 is 37.4 Å². The van der Waals surface area contributed by atoms with Crippen LogP contribution in [0.4, 0.5) is 0 Å². The number of ether oxygens (including phenoxy) is 2. The third-order valence-corrected chi connectivity index (χ3v) is 7.37. The zero-order chi connectivity index (χ0) is 20.7. The molecule has 0 aliphatic carbocycles. The number of piperidine rings is 1. The van der Waals surface area contributed by atoms with E-state index in [1.807, 2.05) is 36.1 Å². The van der Waals surface area contributed by atoms with E-state index in [0.29, 0.717) is 45.7 Å². The van der Waals surface area contributed by atoms with Crippen molar-refractivity contribution in [2.75, 3.05) is 26.3 Å². The first-order valence-corrected chi connectivity index (χ1v) is 11.3. The Morgan fingerprint density at radius 1 is 1.20 bits per heavy atom. The second kappa shape index (κ2) is 7.76. The van der Waals surface area contributed by atoms with Gasteiger partial charge in [-0.25, -0.2) is 4.68 Å². The van der Waals surface area contributed by atoms with Crippen LogP contribution < -0.4 is 5.56 Å². The molecule has 8 heteroatoms. The van der Waals surface area contributed by atoms with E-state index in [1.165, 1.54) is 4.68 Å². The molecule has 2 saturated heterocycles. The molecule has 5 rings (SSSR count). The summed E-state index contributed by atoms with van der Waals surface area (Å²) in [6.07, 6.45) is 2.44. The average molecular weight is 428 g/mol. The van der Waals surface area contributed by atoms with Crippen LogP contribution in [0.1, 0.15) is 31.4 Å². The molecule has 1 aromatic carbocycles. The number of fused-ring (bicyclic) bond motifs is 3. The van der Waals surface area contributed by atoms with Crippen molar-refractivity contribution in [2.45, 2.75) is 44.9 Å². The van der Waals surface area contributed by atoms with E-state index in [1.54, 1.807) is 11.3 Å². The second-order valence-electron chi connectivity index (χ2n) is 8.01. The summed E-state index contributed by atoms with van der Waals surface area (Å²) in [6, 6.07) is 7.96. The topological polar surface area (TPSA) is 73.7 Å². The fraction of sp³-hybridized carbons (Fsp3) is 0.500. The van der Waals surface area contributed by atoms with Gasteiger partial charge in [-0.15, -0.1) is 11.3 Å². The number of amides is 1. The second-order valence-corrected chi connectivity index (χ2v) is 9.06. The molecule has 2 fully saturated rings. The molecule has 3 aromatic rings. The number of carbonyl (C=O) groups excluding carboxylic acids is 1. The van der Waals surface area contributed by atoms with Crippen molar-refractivity contribution in [1.82, 2.24) is 14.7 Å². The SMILES string of the molecule is Cc1nn(CCCC(=O)N2CCC3(CC2)OCCO3)c(=O)c2c1sc1ccccc12. The molecule has 0 N–H and O–H groups in total. The molecule has 1 amide bonds. The fourth-order valence-corrected chi connectivity index (χ4v) is 5.62. The molecule has 30 heavy (non-hydrogen) atoms. The Morgan fingerprint density at radius 3 is 2.70 bits per heavy atom. The number of aryl methyl sites for hydroxylation is 2. The number of aromatic nitrogens is 2. The van der Waals surface area contributed by atoms with E-state index < -0.39 is 5.79 Å². The number of thiophene rings is 1. The third kappa shape index (κ3) is 3.42. The molecule has 0 saturated carbocycles. The van der Waals surface area contributed by atoms with Crippen LogP contribution >= 0.6 is 11.3 Å². The number of rotatable bonds is 4. The number of nitrogens with zero attached hydrogens (tertiary/aromatic N) is 3. The van der Waals surface area contributed by atoms with Gasteiger partial charge in [-0.05, 0) is 19.4 Å². The van der Waals surface area contributed by atoms with Crippen LogP contribution in [0.5, 0.6) is 0 Å². The molecular weight excluding hydrogens is 402 g/mol. The molecule has 1 spiro atoms. The average Bonchev–Trinajstić information content (AvgIpc) is 3.37. The molecule has 2 aliphatic heterocycles. The van der Waals surface area contributed by atoms with Gasteiger partial charge in [0.15, 0.2) is 5.79 Å². The number of hydrogen-bond donors (Lipinski definition) is 0. The van der Waals surface area contributed by atoms with Gasteiger partial charge >= 0.3 is 0 Å². The van der Waals surface area contributed by atoms with E-state index in [9.17, 15) is 9.59 Å². The lowest BCUT2D eigenvalue weighted by Crippen LogP contribution is -2.47. The third-order valence-electron chi connectivity index (χ3n) is 6.10. The number of carbonyl (C=O) groups is 1. The molecule has 0 bridgehead atoms. The zero-order valence-corrected chi connectivity index (χ0v) is 17.9. The van der Waals surface area contributed by atoms with Gasteiger partial charge in [0.25, 0.3) is 5.56 Å². The van der Waals surface area contributed by atoms with E-state index in [4.69, 9.17) is 9.47 Å². The van der Waals surface area contributed by atoms with Gasteiger partial charge in [0.05, 0.1) is 29.0 Å². The summed E-state index contributed by atoms with van der Waals surface area (Å²) in [7, 11) is 0. The lowest BCUT2D eigenvalue weighted by molar-refractivity contribution is -0.187. The highest BCUT2D eigenvalue weighted by atomic mass is 32.1. The highest BCUT2D eigenvalue weighted by molar-refractivity contribution is 7.26. The molecule has 2 aliphatic rings. The van der Waals surface area contributed by atoms with E-state index in [-0.39, 0.29) is 11.5 Å². The summed E-state index contributed by atoms with van der Waals surface area (Å²) in [4.78, 5) is 27.6. The smallest absolute Gasteiger partial charge is 0.276 e. The molecule has 0 unspecified atom stereocenters. The molecule has 2 aromatic heterocycles. The van der Waals surface area contributed by atoms with Gasteiger partial charge in [0, 0.05) is 49.0 Å². The maximum Gasteiger partial charge on any atom is 0.276 e. The number of hydrogen-bond acceptors (Lipinski definition) is 6. The summed E-state index contributed by atoms with van der Waals surface area (Å²) < 4.78 is 15.0. The maximum atomic E-state index is 13.1. The van der Waals surface area contributed by atoms with Crippen molar-refractivity contribution < 1.29 is 14.3 Å². The normalized spacial score (nSPS) is 18.6. The number of likely N-dealkylation sites (tertiary alicyclic amines) is 1. The van der Waals surface area contributed by atoms with Crippen molar-refractivity contribution in [3.8, 4) is 0 Å². The minimum Gasteiger partial charge on any atom is -0.347 e. The maximum absolute atomic E-state index is 13.1. The molecular formula is C22H25N3O4S. The van der Waals surface area contributed by atoms with Crippen LogP contribution in [0.15, 0.2) is 29.1 Å². The van der Waals surface area contributed by atoms with Gasteiger partial charge in [-0.3, -0.25) is 9.59 Å². The van der Waals surface area contributed by atoms with Crippen LogP contribution in [-0.2, 0) is 20.8 Å². The Bertz CT molecular complexity index is 1150. The first-order valence-electron chi connectivity index (χ1n) is 10.5. The Morgan fingerprint density at radius 2 is 1.93 bits per heavy atom. The number of benzene rings is 1. The first-order chi connectivity index (χ1) is 14.6. The van der Waals surface area contributed by atoms with Crippen LogP contribution in [0.2, 0.25) is 0 Å². The molecule has 7 nitrogen and oxygen atoms in total. The quantitative estimate of drug-likeness (QED) is 0.640. The zero-order valence-electron chi connectivity index (χ0n) is 17.1. The minimum atomic E-state index is -0.468. The van der Waals surface area contributed by atoms with E-state index in [2.05, 4.69) is 5.10 Å². The molecule has 4 heterocycles. The summed E-state index contributed by atoms with van der Waals surface area (Å²) >= 11 is 1.61. The van der Waals surface area contributed by atoms with Crippen LogP contribution in [0.25, 0.3) is 20.2 Å². The Labute approximate surface area is 178 Å². The fourth-order valence-electron chi connectivity index (χ4n) is 4.49. The van der Waals surface area contributed by atoms with Crippen LogP contribution in [0.3, 0.4) is 0 Å². The monoisotopic (exact) mass is 427 g/mol. The van der Waals surface area contributed by atoms with E-state index in [0.717, 1.165) is 38.7 Å². The minimum absolute atomic E-state index is 0.0732. The predicted octanol–water partition coefficient (Wildman–Crippen LogP) is 3.07. The van der Waals surface area contributed by atoms with Crippen molar-refractivity contribution in [3.63, 3.8) is 0 Å². The summed E-state index contributed by atoms with van der Waals surface area (Å²) in [5.41, 5.74) is 0.783. The van der Waals surface area contributed by atoms with Gasteiger partial charge in [0.2, 0.25) is 5.91 Å². The lowest BCUT2D eigenvalue weighted by atomic mass is 10.0. The molecule has 158 valence electrons. The lowest BCUT2D eigenvalue weighted by Gasteiger charge is -2.37. The van der Waals surface area contributed by atoms with Gasteiger partial charge < -0.3 is 14.4 Å². The highest BCUT2D eigenvalue weighted by Crippen LogP contribution is 2.33. The Kier molecular flexibility index (Phi) is 5.08. The molecule has 0 atom stereocenters. The largest absolute Gasteiger partial charge is 0.347 e. The Hall–Kier alpha value is -2.29. The molecule has 0 radical (unpaired) electrons. The van der Waals surface area contributed by atoms with Gasteiger partial charge in [0.1, 0.15) is 0 Å². The predicted molar refractivity (Wildman–Crippen MR) is 116 cm³/mol. The van der Waals surface area contributed by atoms with E-state index >= 15 is 0 Å². The van der Waals surface area contributed by atoms with Crippen molar-refractivity contribution in [2.24, 2.45) is 0 Å². The summed E-state index contributed by atoms with van der Waals surface area (Å²) in [5, 5.41) is 6.24. The Balaban J connectivity index is 1.25. The first kappa shape index (κ1) is 19.7. The van der Waals surface area contributed by atoms with Gasteiger partial charge in [-0.1, -0.05) is 18.2 Å². The van der Waals surface area contributed by atoms with Gasteiger partial charge in [-0.2, -0.15) is 5.10 Å². The van der Waals surface area contributed by atoms with Crippen molar-refractivity contribution in [3.05, 3.63) is 40.3 Å². The van der Waals surface area contributed by atoms with Crippen LogP contribution in [-0.4, -0.2) is 52.7 Å². The summed E-state index contributed by atoms with van der Waals surface area (Å²) in [5.74, 6) is -0.348. The standard InChI is InChI=1S/C22H25N3O4S/c1-15-20-19(16-5-2-3-6-17(16)30-20)21(27)25(23-15)10-4-7-18(26)24-11-8-22(9-12-24)28-13-14-29-22/h2-3,5-6H,4,7-14H2,1H3. The van der Waals surface area contributed by atoms with Crippen molar-refractivity contribution in [1.29, 1.82) is 0 Å². The summed E-state index contributed by atoms with van der Waals surface area (Å²) in [6.45, 7) is 4.97. The highest BCUT2D eigenvalue weighted by Gasteiger charge is 2.40. The van der Waals surface area contributed by atoms with Crippen LogP contribution in [0, 0.1) is 6.92 Å².